The minimum Gasteiger partial charge on any atom is -0.482 e. The van der Waals surface area contributed by atoms with Gasteiger partial charge in [-0.2, -0.15) is 4.98 Å². The lowest BCUT2D eigenvalue weighted by Gasteiger charge is -2.12. The molecule has 0 radical (unpaired) electrons. The summed E-state index contributed by atoms with van der Waals surface area (Å²) in [7, 11) is 0. The van der Waals surface area contributed by atoms with Crippen LogP contribution < -0.4 is 10.1 Å². The molecule has 0 amide bonds. The van der Waals surface area contributed by atoms with E-state index in [0.29, 0.717) is 24.3 Å². The third-order valence-corrected chi connectivity index (χ3v) is 2.93. The van der Waals surface area contributed by atoms with Crippen LogP contribution in [0.25, 0.3) is 0 Å². The molecule has 0 aliphatic carbocycles. The third kappa shape index (κ3) is 4.53. The summed E-state index contributed by atoms with van der Waals surface area (Å²) in [6, 6.07) is 4.25. The molecule has 1 N–H and O–H groups in total. The zero-order valence-electron chi connectivity index (χ0n) is 13.0. The largest absolute Gasteiger partial charge is 0.482 e. The fraction of sp³-hybridized carbons (Fsp3) is 0.533. The standard InChI is InChI=1S/C15H22N4O2/c1-5-14-18-15(21-19-14)9-20-13-7-6-11(4)17-12(13)8-16-10(2)3/h6-7,10,16H,5,8-9H2,1-4H3. The van der Waals surface area contributed by atoms with Gasteiger partial charge in [-0.3, -0.25) is 4.98 Å². The SMILES string of the molecule is CCc1noc(COc2ccc(C)nc2CNC(C)C)n1. The zero-order valence-corrected chi connectivity index (χ0v) is 13.0. The Kier molecular flexibility index (Phi) is 5.27. The average Bonchev–Trinajstić information content (AvgIpc) is 2.92. The van der Waals surface area contributed by atoms with E-state index in [1.54, 1.807) is 0 Å². The van der Waals surface area contributed by atoms with Crippen molar-refractivity contribution >= 4 is 0 Å². The maximum atomic E-state index is 5.77. The first kappa shape index (κ1) is 15.4. The van der Waals surface area contributed by atoms with Crippen LogP contribution in [-0.4, -0.2) is 21.2 Å². The van der Waals surface area contributed by atoms with Crippen LogP contribution in [0.4, 0.5) is 0 Å². The molecule has 0 bridgehead atoms. The Bertz CT molecular complexity index is 581. The molecule has 0 spiro atoms. The van der Waals surface area contributed by atoms with Gasteiger partial charge in [-0.15, -0.1) is 0 Å². The van der Waals surface area contributed by atoms with Gasteiger partial charge in [0.25, 0.3) is 5.89 Å². The molecule has 0 saturated heterocycles. The molecule has 0 aliphatic heterocycles. The lowest BCUT2D eigenvalue weighted by atomic mass is 10.2. The first-order valence-corrected chi connectivity index (χ1v) is 7.22. The normalized spacial score (nSPS) is 11.1. The number of pyridine rings is 1. The second-order valence-electron chi connectivity index (χ2n) is 5.18. The number of nitrogens with one attached hydrogen (secondary N) is 1. The highest BCUT2D eigenvalue weighted by atomic mass is 16.5. The predicted molar refractivity (Wildman–Crippen MR) is 79.0 cm³/mol. The minimum atomic E-state index is 0.256. The van der Waals surface area contributed by atoms with Crippen molar-refractivity contribution in [3.05, 3.63) is 35.2 Å². The Morgan fingerprint density at radius 3 is 2.76 bits per heavy atom. The Labute approximate surface area is 124 Å². The number of nitrogens with zero attached hydrogens (tertiary/aromatic N) is 3. The average molecular weight is 290 g/mol. The summed E-state index contributed by atoms with van der Waals surface area (Å²) in [6.45, 7) is 9.07. The predicted octanol–water partition coefficient (Wildman–Crippen LogP) is 2.41. The smallest absolute Gasteiger partial charge is 0.264 e. The minimum absolute atomic E-state index is 0.256. The van der Waals surface area contributed by atoms with Crippen LogP contribution in [0.3, 0.4) is 0 Å². The molecule has 6 heteroatoms. The number of hydrogen-bond acceptors (Lipinski definition) is 6. The Hall–Kier alpha value is -1.95. The number of rotatable bonds is 7. The fourth-order valence-electron chi connectivity index (χ4n) is 1.79. The van der Waals surface area contributed by atoms with Crippen molar-refractivity contribution in [2.45, 2.75) is 53.3 Å². The summed E-state index contributed by atoms with van der Waals surface area (Å²) in [5.74, 6) is 1.91. The van der Waals surface area contributed by atoms with Gasteiger partial charge in [0.05, 0.1) is 5.69 Å². The zero-order chi connectivity index (χ0) is 15.2. The maximum Gasteiger partial charge on any atom is 0.264 e. The van der Waals surface area contributed by atoms with Gasteiger partial charge in [0.2, 0.25) is 0 Å². The van der Waals surface area contributed by atoms with E-state index in [4.69, 9.17) is 9.26 Å². The highest BCUT2D eigenvalue weighted by Gasteiger charge is 2.10. The summed E-state index contributed by atoms with van der Waals surface area (Å²) in [5.41, 5.74) is 1.85. The van der Waals surface area contributed by atoms with E-state index < -0.39 is 0 Å². The Morgan fingerprint density at radius 1 is 1.29 bits per heavy atom. The quantitative estimate of drug-likeness (QED) is 0.844. The van der Waals surface area contributed by atoms with Crippen LogP contribution in [-0.2, 0) is 19.6 Å². The van der Waals surface area contributed by atoms with Crippen molar-refractivity contribution in [3.8, 4) is 5.75 Å². The Morgan fingerprint density at radius 2 is 2.10 bits per heavy atom. The first-order valence-electron chi connectivity index (χ1n) is 7.22. The molecule has 0 saturated carbocycles. The molecule has 0 aliphatic rings. The molecular weight excluding hydrogens is 268 g/mol. The van der Waals surface area contributed by atoms with Crippen molar-refractivity contribution in [2.24, 2.45) is 0 Å². The molecule has 2 aromatic heterocycles. The molecule has 0 aromatic carbocycles. The molecule has 2 heterocycles. The molecule has 2 rings (SSSR count). The van der Waals surface area contributed by atoms with Gasteiger partial charge in [-0.25, -0.2) is 0 Å². The second kappa shape index (κ2) is 7.17. The molecule has 0 unspecified atom stereocenters. The molecule has 6 nitrogen and oxygen atoms in total. The van der Waals surface area contributed by atoms with E-state index >= 15 is 0 Å². The van der Waals surface area contributed by atoms with Crippen molar-refractivity contribution in [2.75, 3.05) is 0 Å². The number of hydrogen-bond donors (Lipinski definition) is 1. The van der Waals surface area contributed by atoms with Crippen LogP contribution in [0.15, 0.2) is 16.7 Å². The summed E-state index contributed by atoms with van der Waals surface area (Å²) >= 11 is 0. The number of aryl methyl sites for hydroxylation is 2. The summed E-state index contributed by atoms with van der Waals surface area (Å²) in [6.07, 6.45) is 0.749. The van der Waals surface area contributed by atoms with Gasteiger partial charge in [-0.05, 0) is 19.1 Å². The van der Waals surface area contributed by atoms with Gasteiger partial charge in [0, 0.05) is 24.7 Å². The van der Waals surface area contributed by atoms with E-state index in [9.17, 15) is 0 Å². The van der Waals surface area contributed by atoms with E-state index in [0.717, 1.165) is 23.6 Å². The molecule has 114 valence electrons. The fourth-order valence-corrected chi connectivity index (χ4v) is 1.79. The molecule has 0 atom stereocenters. The van der Waals surface area contributed by atoms with Crippen LogP contribution in [0.2, 0.25) is 0 Å². The topological polar surface area (TPSA) is 73.1 Å². The molecular formula is C15H22N4O2. The van der Waals surface area contributed by atoms with Gasteiger partial charge in [-0.1, -0.05) is 25.9 Å². The molecule has 0 fully saturated rings. The molecule has 2 aromatic rings. The van der Waals surface area contributed by atoms with Crippen molar-refractivity contribution < 1.29 is 9.26 Å². The van der Waals surface area contributed by atoms with Crippen LogP contribution in [0.5, 0.6) is 5.75 Å². The van der Waals surface area contributed by atoms with Crippen LogP contribution in [0.1, 0.15) is 43.9 Å². The van der Waals surface area contributed by atoms with Crippen molar-refractivity contribution in [1.29, 1.82) is 0 Å². The highest BCUT2D eigenvalue weighted by Crippen LogP contribution is 2.18. The van der Waals surface area contributed by atoms with E-state index in [1.807, 2.05) is 26.0 Å². The summed E-state index contributed by atoms with van der Waals surface area (Å²) in [4.78, 5) is 8.75. The lowest BCUT2D eigenvalue weighted by molar-refractivity contribution is 0.239. The second-order valence-corrected chi connectivity index (χ2v) is 5.18. The first-order chi connectivity index (χ1) is 10.1. The van der Waals surface area contributed by atoms with E-state index in [1.165, 1.54) is 0 Å². The van der Waals surface area contributed by atoms with Crippen LogP contribution in [0, 0.1) is 6.92 Å². The van der Waals surface area contributed by atoms with Gasteiger partial charge in [0.15, 0.2) is 12.4 Å². The Balaban J connectivity index is 2.04. The summed E-state index contributed by atoms with van der Waals surface area (Å²) < 4.78 is 10.9. The third-order valence-electron chi connectivity index (χ3n) is 2.93. The summed E-state index contributed by atoms with van der Waals surface area (Å²) in [5, 5.41) is 7.20. The van der Waals surface area contributed by atoms with Gasteiger partial charge in [0.1, 0.15) is 5.75 Å². The highest BCUT2D eigenvalue weighted by molar-refractivity contribution is 5.29. The van der Waals surface area contributed by atoms with Crippen molar-refractivity contribution in [1.82, 2.24) is 20.4 Å². The lowest BCUT2D eigenvalue weighted by Crippen LogP contribution is -2.23. The maximum absolute atomic E-state index is 5.77. The van der Waals surface area contributed by atoms with E-state index in [-0.39, 0.29) is 6.61 Å². The van der Waals surface area contributed by atoms with Gasteiger partial charge >= 0.3 is 0 Å². The van der Waals surface area contributed by atoms with E-state index in [2.05, 4.69) is 34.3 Å². The number of aromatic nitrogens is 3. The van der Waals surface area contributed by atoms with Crippen molar-refractivity contribution in [3.63, 3.8) is 0 Å². The monoisotopic (exact) mass is 290 g/mol. The van der Waals surface area contributed by atoms with Crippen LogP contribution >= 0.6 is 0 Å². The number of ether oxygens (including phenoxy) is 1. The van der Waals surface area contributed by atoms with Gasteiger partial charge < -0.3 is 14.6 Å². The molecule has 21 heavy (non-hydrogen) atoms.